The summed E-state index contributed by atoms with van der Waals surface area (Å²) in [6.45, 7) is 0. The molecular formula is C20H26FN3O2S. The van der Waals surface area contributed by atoms with Gasteiger partial charge in [0.15, 0.2) is 0 Å². The zero-order chi connectivity index (χ0) is 18.8. The van der Waals surface area contributed by atoms with E-state index in [4.69, 9.17) is 0 Å². The molecule has 7 heteroatoms. The molecule has 4 aliphatic rings. The summed E-state index contributed by atoms with van der Waals surface area (Å²) < 4.78 is 14.5. The standard InChI is InChI=1S/C20H26FN3O2S/c21-16-9-13(22-12-3-1-2-4-12)10-17-19(16)20(26)24-18(23-17)11-27-15-7-5-14(25)6-8-15/h9-10,12,14-15,19,25H,1-8,11H2,(H,23,24,26). The van der Waals surface area contributed by atoms with E-state index in [0.29, 0.717) is 28.2 Å². The number of carbonyl (C=O) groups excluding carboxylic acids is 1. The number of aliphatic hydroxyl groups excluding tert-OH is 1. The van der Waals surface area contributed by atoms with Crippen LogP contribution in [0.5, 0.6) is 0 Å². The van der Waals surface area contributed by atoms with Gasteiger partial charge in [-0.25, -0.2) is 9.38 Å². The number of hydrogen-bond acceptors (Lipinski definition) is 5. The van der Waals surface area contributed by atoms with Gasteiger partial charge in [0.25, 0.3) is 0 Å². The number of aliphatic hydroxyl groups is 1. The molecule has 3 aliphatic carbocycles. The Morgan fingerprint density at radius 3 is 2.67 bits per heavy atom. The molecule has 1 unspecified atom stereocenters. The second kappa shape index (κ2) is 8.27. The van der Waals surface area contributed by atoms with Crippen LogP contribution < -0.4 is 5.32 Å². The van der Waals surface area contributed by atoms with Gasteiger partial charge in [-0.1, -0.05) is 12.8 Å². The average Bonchev–Trinajstić information content (AvgIpc) is 3.13. The monoisotopic (exact) mass is 391 g/mol. The molecule has 0 aromatic carbocycles. The summed E-state index contributed by atoms with van der Waals surface area (Å²) in [5.41, 5.74) is 1.06. The van der Waals surface area contributed by atoms with Crippen molar-refractivity contribution >= 4 is 29.2 Å². The number of allylic oxidation sites excluding steroid dienone is 2. The van der Waals surface area contributed by atoms with Crippen molar-refractivity contribution in [2.45, 2.75) is 68.8 Å². The number of halogens is 1. The lowest BCUT2D eigenvalue weighted by Crippen LogP contribution is -2.43. The van der Waals surface area contributed by atoms with Crippen LogP contribution in [0.3, 0.4) is 0 Å². The second-order valence-corrected chi connectivity index (χ2v) is 9.10. The van der Waals surface area contributed by atoms with Gasteiger partial charge in [0.05, 0.1) is 29.3 Å². The molecule has 0 aromatic heterocycles. The minimum Gasteiger partial charge on any atom is -0.393 e. The zero-order valence-electron chi connectivity index (χ0n) is 15.4. The lowest BCUT2D eigenvalue weighted by Gasteiger charge is -2.27. The van der Waals surface area contributed by atoms with Crippen molar-refractivity contribution in [3.8, 4) is 0 Å². The molecule has 1 atom stereocenters. The van der Waals surface area contributed by atoms with Crippen LogP contribution in [0.25, 0.3) is 0 Å². The van der Waals surface area contributed by atoms with Gasteiger partial charge in [-0.2, -0.15) is 11.8 Å². The Kier molecular flexibility index (Phi) is 5.78. The van der Waals surface area contributed by atoms with Gasteiger partial charge in [0.2, 0.25) is 5.91 Å². The van der Waals surface area contributed by atoms with E-state index < -0.39 is 11.7 Å². The van der Waals surface area contributed by atoms with E-state index >= 15 is 0 Å². The zero-order valence-corrected chi connectivity index (χ0v) is 16.2. The van der Waals surface area contributed by atoms with Crippen molar-refractivity contribution in [3.63, 3.8) is 0 Å². The van der Waals surface area contributed by atoms with Gasteiger partial charge in [0.1, 0.15) is 17.6 Å². The highest BCUT2D eigenvalue weighted by Gasteiger charge is 2.35. The molecule has 0 aromatic rings. The number of fused-ring (bicyclic) bond motifs is 1. The number of aliphatic imine (C=N–C) groups is 2. The third kappa shape index (κ3) is 4.51. The quantitative estimate of drug-likeness (QED) is 0.772. The summed E-state index contributed by atoms with van der Waals surface area (Å²) in [6, 6.07) is 0.260. The molecule has 0 spiro atoms. The summed E-state index contributed by atoms with van der Waals surface area (Å²) in [5.74, 6) is -0.575. The van der Waals surface area contributed by atoms with Crippen molar-refractivity contribution in [2.75, 3.05) is 5.75 Å². The Morgan fingerprint density at radius 1 is 1.19 bits per heavy atom. The van der Waals surface area contributed by atoms with E-state index in [1.54, 1.807) is 17.8 Å². The number of nitrogens with zero attached hydrogens (tertiary/aromatic N) is 2. The predicted molar refractivity (Wildman–Crippen MR) is 107 cm³/mol. The van der Waals surface area contributed by atoms with Crippen molar-refractivity contribution < 1.29 is 14.3 Å². The van der Waals surface area contributed by atoms with E-state index in [1.807, 2.05) is 0 Å². The Hall–Kier alpha value is -1.47. The van der Waals surface area contributed by atoms with E-state index in [1.165, 1.54) is 18.9 Å². The molecule has 1 aliphatic heterocycles. The Bertz CT molecular complexity index is 717. The highest BCUT2D eigenvalue weighted by atomic mass is 32.2. The first-order chi connectivity index (χ1) is 13.1. The third-order valence-corrected chi connectivity index (χ3v) is 7.09. The predicted octanol–water partition coefficient (Wildman–Crippen LogP) is 3.30. The van der Waals surface area contributed by atoms with Gasteiger partial charge >= 0.3 is 0 Å². The van der Waals surface area contributed by atoms with Crippen LogP contribution >= 0.6 is 11.8 Å². The molecule has 27 heavy (non-hydrogen) atoms. The van der Waals surface area contributed by atoms with Gasteiger partial charge < -0.3 is 10.4 Å². The maximum atomic E-state index is 14.5. The third-order valence-electron chi connectivity index (χ3n) is 5.70. The largest absolute Gasteiger partial charge is 0.393 e. The highest BCUT2D eigenvalue weighted by Crippen LogP contribution is 2.32. The normalized spacial score (nSPS) is 33.3. The molecule has 4 rings (SSSR count). The lowest BCUT2D eigenvalue weighted by atomic mass is 9.94. The number of rotatable bonds is 4. The topological polar surface area (TPSA) is 74.0 Å². The molecule has 2 fully saturated rings. The molecule has 0 radical (unpaired) electrons. The Balaban J connectivity index is 1.46. The molecule has 146 valence electrons. The van der Waals surface area contributed by atoms with Crippen LogP contribution in [-0.4, -0.2) is 45.7 Å². The van der Waals surface area contributed by atoms with Crippen molar-refractivity contribution in [1.82, 2.24) is 5.32 Å². The van der Waals surface area contributed by atoms with Crippen molar-refractivity contribution in [3.05, 3.63) is 23.7 Å². The molecule has 0 bridgehead atoms. The van der Waals surface area contributed by atoms with Crippen LogP contribution in [0.1, 0.15) is 51.4 Å². The average molecular weight is 392 g/mol. The van der Waals surface area contributed by atoms with Gasteiger partial charge in [-0.3, -0.25) is 9.79 Å². The number of nitrogens with one attached hydrogen (secondary N) is 1. The number of hydrogen-bond donors (Lipinski definition) is 2. The maximum absolute atomic E-state index is 14.5. The van der Waals surface area contributed by atoms with Crippen LogP contribution in [0.4, 0.5) is 4.39 Å². The first kappa shape index (κ1) is 18.9. The molecule has 2 N–H and O–H groups in total. The molecule has 5 nitrogen and oxygen atoms in total. The number of carbonyl (C=O) groups is 1. The smallest absolute Gasteiger partial charge is 0.241 e. The number of thioether (sulfide) groups is 1. The fraction of sp³-hybridized carbons (Fsp3) is 0.650. The summed E-state index contributed by atoms with van der Waals surface area (Å²) in [5, 5.41) is 12.8. The van der Waals surface area contributed by atoms with Crippen LogP contribution in [-0.2, 0) is 4.79 Å². The fourth-order valence-electron chi connectivity index (χ4n) is 4.19. The lowest BCUT2D eigenvalue weighted by molar-refractivity contribution is -0.122. The SMILES string of the molecule is O=C1NC(CSC2CCC(O)CC2)=NC2=CC(=NC3CCCC3)C=C(F)C12. The fourth-order valence-corrected chi connectivity index (χ4v) is 5.33. The van der Waals surface area contributed by atoms with Crippen molar-refractivity contribution in [2.24, 2.45) is 15.9 Å². The summed E-state index contributed by atoms with van der Waals surface area (Å²) in [7, 11) is 0. The van der Waals surface area contributed by atoms with E-state index in [2.05, 4.69) is 15.3 Å². The molecule has 1 amide bonds. The van der Waals surface area contributed by atoms with Gasteiger partial charge in [0, 0.05) is 5.25 Å². The van der Waals surface area contributed by atoms with E-state index in [9.17, 15) is 14.3 Å². The molecule has 1 heterocycles. The first-order valence-corrected chi connectivity index (χ1v) is 11.0. The summed E-state index contributed by atoms with van der Waals surface area (Å²) in [6.07, 6.45) is 11.1. The molecule has 2 saturated carbocycles. The number of amides is 1. The maximum Gasteiger partial charge on any atom is 0.241 e. The van der Waals surface area contributed by atoms with Crippen LogP contribution in [0.15, 0.2) is 33.7 Å². The Morgan fingerprint density at radius 2 is 1.93 bits per heavy atom. The molecule has 0 saturated heterocycles. The highest BCUT2D eigenvalue weighted by molar-refractivity contribution is 8.00. The van der Waals surface area contributed by atoms with Gasteiger partial charge in [-0.05, 0) is 50.7 Å². The second-order valence-electron chi connectivity index (χ2n) is 7.81. The summed E-state index contributed by atoms with van der Waals surface area (Å²) in [4.78, 5) is 21.6. The van der Waals surface area contributed by atoms with Crippen molar-refractivity contribution in [1.29, 1.82) is 0 Å². The van der Waals surface area contributed by atoms with Gasteiger partial charge in [-0.15, -0.1) is 0 Å². The first-order valence-electron chi connectivity index (χ1n) is 9.93. The van der Waals surface area contributed by atoms with Crippen LogP contribution in [0.2, 0.25) is 0 Å². The van der Waals surface area contributed by atoms with E-state index in [0.717, 1.165) is 38.5 Å². The summed E-state index contributed by atoms with van der Waals surface area (Å²) >= 11 is 1.75. The minimum atomic E-state index is -0.939. The minimum absolute atomic E-state index is 0.172. The molecular weight excluding hydrogens is 365 g/mol. The van der Waals surface area contributed by atoms with E-state index in [-0.39, 0.29) is 18.1 Å². The Labute approximate surface area is 163 Å². The van der Waals surface area contributed by atoms with Crippen LogP contribution in [0, 0.1) is 5.92 Å². The number of amidine groups is 1.